The van der Waals surface area contributed by atoms with Gasteiger partial charge < -0.3 is 25.4 Å². The number of alkyl carbamates (subject to hydrolysis) is 2. The van der Waals surface area contributed by atoms with Crippen LogP contribution in [0, 0.1) is 0 Å². The van der Waals surface area contributed by atoms with Crippen molar-refractivity contribution >= 4 is 29.7 Å². The van der Waals surface area contributed by atoms with Gasteiger partial charge in [-0.15, -0.1) is 0 Å². The summed E-state index contributed by atoms with van der Waals surface area (Å²) in [6, 6.07) is 22.6. The summed E-state index contributed by atoms with van der Waals surface area (Å²) in [5.74, 6) is -0.416. The predicted molar refractivity (Wildman–Crippen MR) is 163 cm³/mol. The summed E-state index contributed by atoms with van der Waals surface area (Å²) in [4.78, 5) is 38.0. The minimum atomic E-state index is -0.818. The van der Waals surface area contributed by atoms with Gasteiger partial charge in [-0.3, -0.25) is 4.79 Å². The van der Waals surface area contributed by atoms with Crippen LogP contribution < -0.4 is 16.0 Å². The lowest BCUT2D eigenvalue weighted by molar-refractivity contribution is -0.123. The lowest BCUT2D eigenvalue weighted by Gasteiger charge is -2.21. The fourth-order valence-corrected chi connectivity index (χ4v) is 5.20. The van der Waals surface area contributed by atoms with E-state index in [9.17, 15) is 14.4 Å². The molecule has 0 aromatic heterocycles. The van der Waals surface area contributed by atoms with Crippen molar-refractivity contribution < 1.29 is 23.9 Å². The van der Waals surface area contributed by atoms with Crippen LogP contribution in [0.2, 0.25) is 5.02 Å². The number of carbonyl (C=O) groups excluding carboxylic acids is 3. The largest absolute Gasteiger partial charge is 0.449 e. The predicted octanol–water partition coefficient (Wildman–Crippen LogP) is 6.56. The number of carbonyl (C=O) groups is 3. The molecule has 3 amide bonds. The molecule has 42 heavy (non-hydrogen) atoms. The van der Waals surface area contributed by atoms with Gasteiger partial charge in [-0.25, -0.2) is 9.59 Å². The van der Waals surface area contributed by atoms with Crippen molar-refractivity contribution in [1.29, 1.82) is 0 Å². The molecular weight excluding hydrogens is 554 g/mol. The average molecular weight is 592 g/mol. The van der Waals surface area contributed by atoms with Gasteiger partial charge >= 0.3 is 12.2 Å². The zero-order valence-electron chi connectivity index (χ0n) is 24.2. The van der Waals surface area contributed by atoms with Crippen molar-refractivity contribution in [2.45, 2.75) is 64.1 Å². The lowest BCUT2D eigenvalue weighted by atomic mass is 9.98. The summed E-state index contributed by atoms with van der Waals surface area (Å²) < 4.78 is 10.9. The molecule has 9 heteroatoms. The van der Waals surface area contributed by atoms with Crippen LogP contribution in [0.15, 0.2) is 72.8 Å². The summed E-state index contributed by atoms with van der Waals surface area (Å²) in [7, 11) is 0. The Labute approximate surface area is 252 Å². The Hall–Kier alpha value is -4.04. The second-order valence-corrected chi connectivity index (χ2v) is 11.7. The highest BCUT2D eigenvalue weighted by atomic mass is 35.5. The first-order valence-corrected chi connectivity index (χ1v) is 14.6. The summed E-state index contributed by atoms with van der Waals surface area (Å²) >= 11 is 6.07. The van der Waals surface area contributed by atoms with Gasteiger partial charge in [-0.2, -0.15) is 0 Å². The number of hydrogen-bond acceptors (Lipinski definition) is 5. The van der Waals surface area contributed by atoms with E-state index in [1.807, 2.05) is 36.4 Å². The van der Waals surface area contributed by atoms with Crippen LogP contribution in [0.25, 0.3) is 11.1 Å². The molecule has 1 atom stereocenters. The quantitative estimate of drug-likeness (QED) is 0.219. The summed E-state index contributed by atoms with van der Waals surface area (Å²) in [6.07, 6.45) is 0.390. The van der Waals surface area contributed by atoms with E-state index in [0.29, 0.717) is 30.8 Å². The Morgan fingerprint density at radius 3 is 2.17 bits per heavy atom. The van der Waals surface area contributed by atoms with E-state index in [4.69, 9.17) is 21.1 Å². The smallest absolute Gasteiger partial charge is 0.407 e. The highest BCUT2D eigenvalue weighted by Crippen LogP contribution is 2.44. The highest BCUT2D eigenvalue weighted by Gasteiger charge is 2.30. The maximum absolute atomic E-state index is 13.1. The zero-order valence-corrected chi connectivity index (χ0v) is 25.0. The van der Waals surface area contributed by atoms with Crippen LogP contribution in [0.1, 0.15) is 62.6 Å². The second kappa shape index (κ2) is 14.2. The molecule has 3 aromatic carbocycles. The van der Waals surface area contributed by atoms with Gasteiger partial charge in [0.1, 0.15) is 18.2 Å². The second-order valence-electron chi connectivity index (χ2n) is 11.3. The molecular formula is C33H38ClN3O5. The normalized spacial score (nSPS) is 13.0. The van der Waals surface area contributed by atoms with E-state index in [-0.39, 0.29) is 25.0 Å². The molecule has 3 aromatic rings. The number of unbranched alkanes of at least 4 members (excludes halogenated alkanes) is 1. The number of fused-ring (bicyclic) bond motifs is 3. The minimum absolute atomic E-state index is 0.0859. The van der Waals surface area contributed by atoms with Gasteiger partial charge in [0, 0.05) is 24.0 Å². The summed E-state index contributed by atoms with van der Waals surface area (Å²) in [5, 5.41) is 8.93. The fraction of sp³-hybridized carbons (Fsp3) is 0.364. The Balaban J connectivity index is 1.34. The van der Waals surface area contributed by atoms with Crippen LogP contribution in [0.5, 0.6) is 0 Å². The molecule has 0 aliphatic heterocycles. The van der Waals surface area contributed by atoms with Crippen molar-refractivity contribution in [3.8, 4) is 11.1 Å². The van der Waals surface area contributed by atoms with Crippen LogP contribution in [-0.4, -0.2) is 42.9 Å². The number of rotatable bonds is 11. The van der Waals surface area contributed by atoms with Crippen LogP contribution in [0.3, 0.4) is 0 Å². The summed E-state index contributed by atoms with van der Waals surface area (Å²) in [5.41, 5.74) is 4.76. The van der Waals surface area contributed by atoms with Gasteiger partial charge in [0.15, 0.2) is 0 Å². The van der Waals surface area contributed by atoms with Gasteiger partial charge in [0.25, 0.3) is 0 Å². The molecule has 0 bridgehead atoms. The number of ether oxygens (including phenoxy) is 2. The maximum atomic E-state index is 13.1. The van der Waals surface area contributed by atoms with Crippen LogP contribution in [-0.2, 0) is 20.8 Å². The average Bonchev–Trinajstić information content (AvgIpc) is 3.26. The standard InChI is InChI=1S/C33H38ClN3O5/c1-33(2,3)42-31(39)35-18-9-8-17-29(30(38)36-20-22-11-10-12-23(34)19-22)37-32(40)41-21-28-26-15-6-4-13-24(26)25-14-5-7-16-27(25)28/h4-7,10-16,19,28-29H,8-9,17-18,20-21H2,1-3H3,(H,35,39)(H,36,38)(H,37,40). The molecule has 8 nitrogen and oxygen atoms in total. The lowest BCUT2D eigenvalue weighted by Crippen LogP contribution is -2.47. The Morgan fingerprint density at radius 2 is 1.52 bits per heavy atom. The van der Waals surface area contributed by atoms with Crippen molar-refractivity contribution in [2.24, 2.45) is 0 Å². The Morgan fingerprint density at radius 1 is 0.857 bits per heavy atom. The van der Waals surface area contributed by atoms with Crippen molar-refractivity contribution in [2.75, 3.05) is 13.2 Å². The van der Waals surface area contributed by atoms with Gasteiger partial charge in [0.05, 0.1) is 0 Å². The van der Waals surface area contributed by atoms with Crippen molar-refractivity contribution in [1.82, 2.24) is 16.0 Å². The third-order valence-electron chi connectivity index (χ3n) is 6.90. The molecule has 1 aliphatic rings. The van der Waals surface area contributed by atoms with Crippen LogP contribution >= 0.6 is 11.6 Å². The Bertz CT molecular complexity index is 1360. The first kappa shape index (κ1) is 30.9. The van der Waals surface area contributed by atoms with E-state index in [1.165, 1.54) is 0 Å². The zero-order chi connectivity index (χ0) is 30.1. The molecule has 0 fully saturated rings. The molecule has 0 saturated heterocycles. The number of benzene rings is 3. The van der Waals surface area contributed by atoms with E-state index in [0.717, 1.165) is 27.8 Å². The van der Waals surface area contributed by atoms with E-state index >= 15 is 0 Å². The molecule has 1 unspecified atom stereocenters. The van der Waals surface area contributed by atoms with E-state index in [1.54, 1.807) is 32.9 Å². The molecule has 4 rings (SSSR count). The number of halogens is 1. The summed E-state index contributed by atoms with van der Waals surface area (Å²) in [6.45, 7) is 6.20. The first-order valence-electron chi connectivity index (χ1n) is 14.2. The van der Waals surface area contributed by atoms with Crippen molar-refractivity contribution in [3.63, 3.8) is 0 Å². The topological polar surface area (TPSA) is 106 Å². The van der Waals surface area contributed by atoms with Gasteiger partial charge in [-0.1, -0.05) is 72.3 Å². The third-order valence-corrected chi connectivity index (χ3v) is 7.13. The molecule has 0 spiro atoms. The SMILES string of the molecule is CC(C)(C)OC(=O)NCCCCC(NC(=O)OCC1c2ccccc2-c2ccccc21)C(=O)NCc1cccc(Cl)c1. The van der Waals surface area contributed by atoms with E-state index < -0.39 is 23.8 Å². The molecule has 3 N–H and O–H groups in total. The van der Waals surface area contributed by atoms with Crippen molar-refractivity contribution in [3.05, 3.63) is 94.5 Å². The molecule has 1 aliphatic carbocycles. The fourth-order valence-electron chi connectivity index (χ4n) is 4.99. The first-order chi connectivity index (χ1) is 20.1. The maximum Gasteiger partial charge on any atom is 0.407 e. The van der Waals surface area contributed by atoms with Gasteiger partial charge in [-0.05, 0) is 80.0 Å². The number of amides is 3. The monoisotopic (exact) mass is 591 g/mol. The van der Waals surface area contributed by atoms with E-state index in [2.05, 4.69) is 40.2 Å². The molecule has 0 heterocycles. The van der Waals surface area contributed by atoms with Gasteiger partial charge in [0.2, 0.25) is 5.91 Å². The number of nitrogens with one attached hydrogen (secondary N) is 3. The van der Waals surface area contributed by atoms with Crippen LogP contribution in [0.4, 0.5) is 9.59 Å². The molecule has 0 saturated carbocycles. The molecule has 222 valence electrons. The molecule has 0 radical (unpaired) electrons. The number of hydrogen-bond donors (Lipinski definition) is 3. The highest BCUT2D eigenvalue weighted by molar-refractivity contribution is 6.30. The third kappa shape index (κ3) is 8.73. The Kier molecular flexibility index (Phi) is 10.5. The minimum Gasteiger partial charge on any atom is -0.449 e.